The Hall–Kier alpha value is -1.54. The number of piperidine rings is 1. The summed E-state index contributed by atoms with van der Waals surface area (Å²) in [6.07, 6.45) is 2.45. The minimum Gasteiger partial charge on any atom is -0.496 e. The summed E-state index contributed by atoms with van der Waals surface area (Å²) in [5.74, 6) is 1.65. The molecule has 3 rings (SSSR count). The van der Waals surface area contributed by atoms with Gasteiger partial charge in [0.25, 0.3) is 0 Å². The molecule has 2 nitrogen and oxygen atoms in total. The van der Waals surface area contributed by atoms with Gasteiger partial charge in [0.15, 0.2) is 0 Å². The quantitative estimate of drug-likeness (QED) is 0.883. The maximum Gasteiger partial charge on any atom is 0.126 e. The van der Waals surface area contributed by atoms with Gasteiger partial charge >= 0.3 is 0 Å². The van der Waals surface area contributed by atoms with Crippen molar-refractivity contribution >= 4 is 10.8 Å². The molecular weight excluding hydrogens is 234 g/mol. The van der Waals surface area contributed by atoms with Gasteiger partial charge in [-0.1, -0.05) is 24.3 Å². The fourth-order valence-corrected chi connectivity index (χ4v) is 3.13. The van der Waals surface area contributed by atoms with Gasteiger partial charge in [-0.2, -0.15) is 0 Å². The van der Waals surface area contributed by atoms with E-state index < -0.39 is 0 Å². The maximum atomic E-state index is 5.48. The Labute approximate surface area is 114 Å². The molecule has 1 fully saturated rings. The summed E-state index contributed by atoms with van der Waals surface area (Å²) in [6, 6.07) is 13.7. The fourth-order valence-electron chi connectivity index (χ4n) is 3.13. The van der Waals surface area contributed by atoms with Crippen molar-refractivity contribution in [2.75, 3.05) is 13.7 Å². The highest BCUT2D eigenvalue weighted by Gasteiger charge is 2.20. The zero-order valence-corrected chi connectivity index (χ0v) is 11.6. The molecule has 0 radical (unpaired) electrons. The van der Waals surface area contributed by atoms with Crippen molar-refractivity contribution in [2.24, 2.45) is 0 Å². The average Bonchev–Trinajstić information content (AvgIpc) is 2.46. The van der Waals surface area contributed by atoms with E-state index in [1.54, 1.807) is 7.11 Å². The van der Waals surface area contributed by atoms with E-state index in [2.05, 4.69) is 36.5 Å². The van der Waals surface area contributed by atoms with E-state index in [9.17, 15) is 0 Å². The topological polar surface area (TPSA) is 21.3 Å². The first kappa shape index (κ1) is 12.5. The smallest absolute Gasteiger partial charge is 0.126 e. The van der Waals surface area contributed by atoms with Crippen LogP contribution in [-0.2, 0) is 0 Å². The molecule has 2 aromatic carbocycles. The van der Waals surface area contributed by atoms with Gasteiger partial charge in [-0.25, -0.2) is 0 Å². The first-order valence-corrected chi connectivity index (χ1v) is 7.08. The molecule has 0 unspecified atom stereocenters. The number of hydrogen-bond acceptors (Lipinski definition) is 2. The highest BCUT2D eigenvalue weighted by atomic mass is 16.5. The third-order valence-corrected chi connectivity index (χ3v) is 4.18. The highest BCUT2D eigenvalue weighted by molar-refractivity contribution is 5.89. The third kappa shape index (κ3) is 2.45. The van der Waals surface area contributed by atoms with Crippen molar-refractivity contribution in [1.29, 1.82) is 0 Å². The predicted octanol–water partition coefficient (Wildman–Crippen LogP) is 3.70. The lowest BCUT2D eigenvalue weighted by atomic mass is 9.86. The normalized spacial score (nSPS) is 23.5. The van der Waals surface area contributed by atoms with Crippen LogP contribution in [0.5, 0.6) is 5.75 Å². The lowest BCUT2D eigenvalue weighted by molar-refractivity contribution is 0.381. The van der Waals surface area contributed by atoms with Gasteiger partial charge in [0.1, 0.15) is 5.75 Å². The van der Waals surface area contributed by atoms with Crippen molar-refractivity contribution in [3.05, 3.63) is 42.0 Å². The van der Waals surface area contributed by atoms with Gasteiger partial charge in [-0.15, -0.1) is 0 Å². The Bertz CT molecular complexity index is 578. The number of benzene rings is 2. The Morgan fingerprint density at radius 3 is 2.89 bits per heavy atom. The number of nitrogens with one attached hydrogen (secondary N) is 1. The summed E-state index contributed by atoms with van der Waals surface area (Å²) in [6.45, 7) is 3.39. The molecule has 1 saturated heterocycles. The second-order valence-electron chi connectivity index (χ2n) is 5.52. The molecule has 0 aromatic heterocycles. The van der Waals surface area contributed by atoms with E-state index in [-0.39, 0.29) is 0 Å². The predicted molar refractivity (Wildman–Crippen MR) is 79.9 cm³/mol. The van der Waals surface area contributed by atoms with E-state index in [4.69, 9.17) is 4.74 Å². The van der Waals surface area contributed by atoms with E-state index >= 15 is 0 Å². The van der Waals surface area contributed by atoms with Gasteiger partial charge in [-0.3, -0.25) is 0 Å². The zero-order chi connectivity index (χ0) is 13.2. The highest BCUT2D eigenvalue weighted by Crippen LogP contribution is 2.33. The molecule has 100 valence electrons. The summed E-state index contributed by atoms with van der Waals surface area (Å²) < 4.78 is 5.48. The summed E-state index contributed by atoms with van der Waals surface area (Å²) in [7, 11) is 1.74. The van der Waals surface area contributed by atoms with Crippen LogP contribution in [0.4, 0.5) is 0 Å². The minimum absolute atomic E-state index is 0.618. The average molecular weight is 255 g/mol. The number of fused-ring (bicyclic) bond motifs is 1. The molecule has 2 aromatic rings. The maximum absolute atomic E-state index is 5.48. The fraction of sp³-hybridized carbons (Fsp3) is 0.412. The summed E-state index contributed by atoms with van der Waals surface area (Å²) >= 11 is 0. The van der Waals surface area contributed by atoms with Crippen LogP contribution < -0.4 is 10.1 Å². The SMILES string of the molecule is COc1cccc2ccc([C@H]3CCN[C@H](C)C3)cc12. The van der Waals surface area contributed by atoms with Crippen LogP contribution in [0.15, 0.2) is 36.4 Å². The van der Waals surface area contributed by atoms with Gasteiger partial charge in [0.2, 0.25) is 0 Å². The van der Waals surface area contributed by atoms with Crippen LogP contribution in [0, 0.1) is 0 Å². The van der Waals surface area contributed by atoms with Gasteiger partial charge in [0, 0.05) is 11.4 Å². The lowest BCUT2D eigenvalue weighted by Crippen LogP contribution is -2.34. The van der Waals surface area contributed by atoms with Crippen LogP contribution in [0.3, 0.4) is 0 Å². The number of methoxy groups -OCH3 is 1. The molecule has 0 amide bonds. The molecule has 2 atom stereocenters. The standard InChI is InChI=1S/C17H21NO/c1-12-10-15(8-9-18-12)14-7-6-13-4-3-5-17(19-2)16(13)11-14/h3-7,11-12,15,18H,8-10H2,1-2H3/t12-,15+/m1/s1. The molecule has 2 heteroatoms. The minimum atomic E-state index is 0.618. The largest absolute Gasteiger partial charge is 0.496 e. The molecule has 1 aliphatic rings. The van der Waals surface area contributed by atoms with Crippen LogP contribution in [0.1, 0.15) is 31.2 Å². The molecule has 1 N–H and O–H groups in total. The van der Waals surface area contributed by atoms with Crippen molar-refractivity contribution in [3.8, 4) is 5.75 Å². The Kier molecular flexibility index (Phi) is 3.43. The van der Waals surface area contributed by atoms with E-state index in [1.807, 2.05) is 12.1 Å². The second kappa shape index (κ2) is 5.22. The van der Waals surface area contributed by atoms with Gasteiger partial charge < -0.3 is 10.1 Å². The zero-order valence-electron chi connectivity index (χ0n) is 11.6. The molecule has 1 heterocycles. The monoisotopic (exact) mass is 255 g/mol. The van der Waals surface area contributed by atoms with Crippen LogP contribution in [0.25, 0.3) is 10.8 Å². The summed E-state index contributed by atoms with van der Waals surface area (Å²) in [4.78, 5) is 0. The second-order valence-corrected chi connectivity index (χ2v) is 5.52. The molecule has 0 spiro atoms. The number of rotatable bonds is 2. The summed E-state index contributed by atoms with van der Waals surface area (Å²) in [5, 5.41) is 6.00. The van der Waals surface area contributed by atoms with Crippen molar-refractivity contribution in [1.82, 2.24) is 5.32 Å². The van der Waals surface area contributed by atoms with Crippen molar-refractivity contribution in [3.63, 3.8) is 0 Å². The Morgan fingerprint density at radius 1 is 1.21 bits per heavy atom. The Morgan fingerprint density at radius 2 is 2.11 bits per heavy atom. The lowest BCUT2D eigenvalue weighted by Gasteiger charge is -2.28. The van der Waals surface area contributed by atoms with Crippen LogP contribution in [0.2, 0.25) is 0 Å². The first-order chi connectivity index (χ1) is 9.28. The molecular formula is C17H21NO. The van der Waals surface area contributed by atoms with E-state index in [0.717, 1.165) is 12.3 Å². The van der Waals surface area contributed by atoms with Crippen molar-refractivity contribution in [2.45, 2.75) is 31.7 Å². The molecule has 0 bridgehead atoms. The third-order valence-electron chi connectivity index (χ3n) is 4.18. The van der Waals surface area contributed by atoms with Gasteiger partial charge in [-0.05, 0) is 55.3 Å². The van der Waals surface area contributed by atoms with Gasteiger partial charge in [0.05, 0.1) is 7.11 Å². The number of ether oxygens (including phenoxy) is 1. The van der Waals surface area contributed by atoms with E-state index in [1.165, 1.54) is 29.2 Å². The summed E-state index contributed by atoms with van der Waals surface area (Å²) in [5.41, 5.74) is 1.45. The Balaban J connectivity index is 2.00. The molecule has 0 aliphatic carbocycles. The molecule has 19 heavy (non-hydrogen) atoms. The first-order valence-electron chi connectivity index (χ1n) is 7.08. The van der Waals surface area contributed by atoms with E-state index in [0.29, 0.717) is 12.0 Å². The molecule has 1 aliphatic heterocycles. The molecule has 0 saturated carbocycles. The number of hydrogen-bond donors (Lipinski definition) is 1. The van der Waals surface area contributed by atoms with Crippen LogP contribution in [-0.4, -0.2) is 19.7 Å². The van der Waals surface area contributed by atoms with Crippen LogP contribution >= 0.6 is 0 Å². The van der Waals surface area contributed by atoms with Crippen molar-refractivity contribution < 1.29 is 4.74 Å².